The van der Waals surface area contributed by atoms with E-state index in [0.717, 1.165) is 6.26 Å². The predicted octanol–water partition coefficient (Wildman–Crippen LogP) is 1.94. The average Bonchev–Trinajstić information content (AvgIpc) is 2.42. The average molecular weight is 254 g/mol. The molecule has 0 saturated carbocycles. The molecule has 0 amide bonds. The monoisotopic (exact) mass is 254 g/mol. The van der Waals surface area contributed by atoms with E-state index in [-0.39, 0.29) is 11.3 Å². The molecule has 18 heavy (non-hydrogen) atoms. The molecule has 0 spiro atoms. The first kappa shape index (κ1) is 13.7. The second-order valence-electron chi connectivity index (χ2n) is 3.04. The Bertz CT molecular complexity index is 440. The van der Waals surface area contributed by atoms with Crippen LogP contribution in [0.15, 0.2) is 25.0 Å². The number of hydrogen-bond acceptors (Lipinski definition) is 6. The van der Waals surface area contributed by atoms with Gasteiger partial charge in [0.25, 0.3) is 0 Å². The molecule has 0 aliphatic heterocycles. The summed E-state index contributed by atoms with van der Waals surface area (Å²) in [4.78, 5) is 20.5. The van der Waals surface area contributed by atoms with Crippen LogP contribution in [0.25, 0.3) is 0 Å². The molecule has 0 saturated heterocycles. The SMILES string of the molecule is C=COOC(=O)c1cc(OC)c(OC)cc1OC. The maximum absolute atomic E-state index is 11.7. The second kappa shape index (κ2) is 6.39. The van der Waals surface area contributed by atoms with E-state index in [0.29, 0.717) is 11.5 Å². The zero-order valence-electron chi connectivity index (χ0n) is 10.4. The lowest BCUT2D eigenvalue weighted by molar-refractivity contribution is -0.190. The summed E-state index contributed by atoms with van der Waals surface area (Å²) in [7, 11) is 4.36. The number of rotatable bonds is 6. The van der Waals surface area contributed by atoms with E-state index >= 15 is 0 Å². The molecule has 0 atom stereocenters. The van der Waals surface area contributed by atoms with Gasteiger partial charge in [0.1, 0.15) is 17.6 Å². The molecule has 1 aromatic rings. The summed E-state index contributed by atoms with van der Waals surface area (Å²) in [6.45, 7) is 3.25. The van der Waals surface area contributed by atoms with Crippen molar-refractivity contribution < 1.29 is 28.8 Å². The maximum Gasteiger partial charge on any atom is 0.390 e. The Morgan fingerprint density at radius 3 is 2.11 bits per heavy atom. The zero-order valence-corrected chi connectivity index (χ0v) is 10.4. The highest BCUT2D eigenvalue weighted by atomic mass is 17.2. The Morgan fingerprint density at radius 1 is 1.06 bits per heavy atom. The third-order valence-electron chi connectivity index (χ3n) is 2.12. The van der Waals surface area contributed by atoms with Crippen LogP contribution in [0.2, 0.25) is 0 Å². The third kappa shape index (κ3) is 2.85. The summed E-state index contributed by atoms with van der Waals surface area (Å²) in [5, 5.41) is 0. The van der Waals surface area contributed by atoms with Crippen LogP contribution in [-0.2, 0) is 9.78 Å². The fraction of sp³-hybridized carbons (Fsp3) is 0.250. The molecule has 1 aromatic carbocycles. The quantitative estimate of drug-likeness (QED) is 0.439. The molecule has 0 unspecified atom stereocenters. The van der Waals surface area contributed by atoms with E-state index in [1.807, 2.05) is 0 Å². The fourth-order valence-electron chi connectivity index (χ4n) is 1.31. The molecule has 6 heteroatoms. The molecule has 0 aromatic heterocycles. The molecule has 6 nitrogen and oxygen atoms in total. The number of hydrogen-bond donors (Lipinski definition) is 0. The van der Waals surface area contributed by atoms with Crippen LogP contribution in [0, 0.1) is 0 Å². The Hall–Kier alpha value is -2.37. The number of ether oxygens (including phenoxy) is 3. The van der Waals surface area contributed by atoms with Crippen LogP contribution >= 0.6 is 0 Å². The van der Waals surface area contributed by atoms with E-state index in [1.54, 1.807) is 0 Å². The lowest BCUT2D eigenvalue weighted by Crippen LogP contribution is -2.07. The second-order valence-corrected chi connectivity index (χ2v) is 3.04. The number of carbonyl (C=O) groups excluding carboxylic acids is 1. The van der Waals surface area contributed by atoms with Crippen LogP contribution in [0.1, 0.15) is 10.4 Å². The lowest BCUT2D eigenvalue weighted by atomic mass is 10.1. The van der Waals surface area contributed by atoms with E-state index in [9.17, 15) is 4.79 Å². The van der Waals surface area contributed by atoms with Gasteiger partial charge in [-0.05, 0) is 0 Å². The summed E-state index contributed by atoms with van der Waals surface area (Å²) in [6.07, 6.45) is 0.991. The van der Waals surface area contributed by atoms with Crippen molar-refractivity contribution in [2.45, 2.75) is 0 Å². The van der Waals surface area contributed by atoms with Crippen molar-refractivity contribution in [2.75, 3.05) is 21.3 Å². The van der Waals surface area contributed by atoms with Gasteiger partial charge in [0.15, 0.2) is 11.5 Å². The molecular formula is C12H14O6. The summed E-state index contributed by atoms with van der Waals surface area (Å²) >= 11 is 0. The normalized spacial score (nSPS) is 9.28. The molecule has 0 fully saturated rings. The predicted molar refractivity (Wildman–Crippen MR) is 62.8 cm³/mol. The summed E-state index contributed by atoms with van der Waals surface area (Å²) in [6, 6.07) is 2.95. The van der Waals surface area contributed by atoms with Crippen LogP contribution in [-0.4, -0.2) is 27.3 Å². The highest BCUT2D eigenvalue weighted by Crippen LogP contribution is 2.34. The highest BCUT2D eigenvalue weighted by molar-refractivity contribution is 5.93. The standard InChI is InChI=1S/C12H14O6/c1-5-17-18-12(13)8-6-10(15-3)11(16-4)7-9(8)14-2/h5-7H,1H2,2-4H3. The number of carbonyl (C=O) groups is 1. The Morgan fingerprint density at radius 2 is 1.61 bits per heavy atom. The van der Waals surface area contributed by atoms with E-state index in [4.69, 9.17) is 14.2 Å². The first-order chi connectivity index (χ1) is 8.67. The van der Waals surface area contributed by atoms with Gasteiger partial charge in [0.2, 0.25) is 0 Å². The van der Waals surface area contributed by atoms with Crippen LogP contribution in [0.3, 0.4) is 0 Å². The van der Waals surface area contributed by atoms with Gasteiger partial charge in [-0.3, -0.25) is 4.89 Å². The molecule has 98 valence electrons. The summed E-state index contributed by atoms with van der Waals surface area (Å²) in [5.41, 5.74) is 0.150. The largest absolute Gasteiger partial charge is 0.496 e. The van der Waals surface area contributed by atoms with Gasteiger partial charge in [-0.15, -0.1) is 0 Å². The van der Waals surface area contributed by atoms with Gasteiger partial charge in [-0.2, -0.15) is 0 Å². The van der Waals surface area contributed by atoms with Crippen molar-refractivity contribution >= 4 is 5.97 Å². The van der Waals surface area contributed by atoms with Gasteiger partial charge in [0, 0.05) is 12.1 Å². The van der Waals surface area contributed by atoms with Gasteiger partial charge < -0.3 is 14.2 Å². The maximum atomic E-state index is 11.7. The van der Waals surface area contributed by atoms with Crippen molar-refractivity contribution in [2.24, 2.45) is 0 Å². The van der Waals surface area contributed by atoms with Crippen LogP contribution in [0.5, 0.6) is 17.2 Å². The minimum absolute atomic E-state index is 0.150. The Balaban J connectivity index is 3.16. The smallest absolute Gasteiger partial charge is 0.390 e. The fourth-order valence-corrected chi connectivity index (χ4v) is 1.31. The van der Waals surface area contributed by atoms with Crippen molar-refractivity contribution in [3.8, 4) is 17.2 Å². The molecule has 1 rings (SSSR count). The van der Waals surface area contributed by atoms with Crippen molar-refractivity contribution in [1.82, 2.24) is 0 Å². The van der Waals surface area contributed by atoms with Crippen molar-refractivity contribution in [1.29, 1.82) is 0 Å². The minimum Gasteiger partial charge on any atom is -0.496 e. The van der Waals surface area contributed by atoms with Gasteiger partial charge in [-0.1, -0.05) is 6.58 Å². The Kier molecular flexibility index (Phi) is 4.86. The van der Waals surface area contributed by atoms with E-state index in [1.165, 1.54) is 33.5 Å². The van der Waals surface area contributed by atoms with Gasteiger partial charge >= 0.3 is 5.97 Å². The summed E-state index contributed by atoms with van der Waals surface area (Å²) < 4.78 is 15.2. The third-order valence-corrected chi connectivity index (χ3v) is 2.12. The van der Waals surface area contributed by atoms with Crippen molar-refractivity contribution in [3.63, 3.8) is 0 Å². The Labute approximate surface area is 105 Å². The van der Waals surface area contributed by atoms with E-state index in [2.05, 4.69) is 16.4 Å². The molecule has 0 heterocycles. The number of methoxy groups -OCH3 is 3. The highest BCUT2D eigenvalue weighted by Gasteiger charge is 2.19. The zero-order chi connectivity index (χ0) is 13.5. The molecule has 0 N–H and O–H groups in total. The topological polar surface area (TPSA) is 63.2 Å². The molecular weight excluding hydrogens is 240 g/mol. The van der Waals surface area contributed by atoms with Crippen molar-refractivity contribution in [3.05, 3.63) is 30.5 Å². The first-order valence-electron chi connectivity index (χ1n) is 4.96. The van der Waals surface area contributed by atoms with Gasteiger partial charge in [0.05, 0.1) is 21.3 Å². The summed E-state index contributed by atoms with van der Waals surface area (Å²) in [5.74, 6) is 0.373. The molecule has 0 aliphatic rings. The lowest BCUT2D eigenvalue weighted by Gasteiger charge is -2.12. The molecule has 0 radical (unpaired) electrons. The molecule has 0 aliphatic carbocycles. The van der Waals surface area contributed by atoms with E-state index < -0.39 is 5.97 Å². The number of benzene rings is 1. The van der Waals surface area contributed by atoms with Crippen LogP contribution < -0.4 is 14.2 Å². The minimum atomic E-state index is -0.729. The van der Waals surface area contributed by atoms with Crippen LogP contribution in [0.4, 0.5) is 0 Å². The first-order valence-corrected chi connectivity index (χ1v) is 4.96. The molecule has 0 bridgehead atoms. The van der Waals surface area contributed by atoms with Gasteiger partial charge in [-0.25, -0.2) is 9.68 Å².